The van der Waals surface area contributed by atoms with E-state index >= 15 is 0 Å². The summed E-state index contributed by atoms with van der Waals surface area (Å²) in [6, 6.07) is 16.7. The molecule has 5 rings (SSSR count). The fourth-order valence-corrected chi connectivity index (χ4v) is 3.07. The summed E-state index contributed by atoms with van der Waals surface area (Å²) >= 11 is 0. The molecule has 1 aliphatic carbocycles. The molecule has 7 heteroatoms. The first kappa shape index (κ1) is 18.6. The van der Waals surface area contributed by atoms with E-state index in [1.54, 1.807) is 12.1 Å². The molecule has 2 heterocycles. The lowest BCUT2D eigenvalue weighted by molar-refractivity contribution is 0.298. The van der Waals surface area contributed by atoms with E-state index in [9.17, 15) is 0 Å². The first-order valence-corrected chi connectivity index (χ1v) is 10.0. The van der Waals surface area contributed by atoms with Crippen molar-refractivity contribution in [1.29, 1.82) is 0 Å². The summed E-state index contributed by atoms with van der Waals surface area (Å²) in [5.74, 6) is 2.93. The van der Waals surface area contributed by atoms with Crippen LogP contribution in [-0.2, 0) is 0 Å². The number of hydrogen-bond acceptors (Lipinski definition) is 7. The topological polar surface area (TPSA) is 96.3 Å². The van der Waals surface area contributed by atoms with E-state index in [1.165, 1.54) is 12.8 Å². The average Bonchev–Trinajstić information content (AvgIpc) is 3.49. The summed E-state index contributed by atoms with van der Waals surface area (Å²) in [7, 11) is 0. The number of rotatable bonds is 7. The minimum atomic E-state index is -0.0724. The van der Waals surface area contributed by atoms with Crippen LogP contribution in [0.5, 0.6) is 17.4 Å². The molecule has 30 heavy (non-hydrogen) atoms. The van der Waals surface area contributed by atoms with Gasteiger partial charge in [0, 0.05) is 18.2 Å². The SMILES string of the molecule is CC(N)c1ccc2nc(-c3ccc(Oc4cccc(OCC5CC5)c4)nn3)oc2c1. The van der Waals surface area contributed by atoms with Crippen LogP contribution in [0.25, 0.3) is 22.7 Å². The quantitative estimate of drug-likeness (QED) is 0.470. The molecule has 2 N–H and O–H groups in total. The van der Waals surface area contributed by atoms with E-state index in [2.05, 4.69) is 15.2 Å². The summed E-state index contributed by atoms with van der Waals surface area (Å²) in [4.78, 5) is 4.48. The second kappa shape index (κ2) is 7.76. The summed E-state index contributed by atoms with van der Waals surface area (Å²) in [5, 5.41) is 8.35. The summed E-state index contributed by atoms with van der Waals surface area (Å²) < 4.78 is 17.5. The predicted octanol–water partition coefficient (Wildman–Crippen LogP) is 4.89. The van der Waals surface area contributed by atoms with Crippen LogP contribution in [0.15, 0.2) is 59.0 Å². The van der Waals surface area contributed by atoms with Crippen molar-refractivity contribution in [2.24, 2.45) is 11.7 Å². The third kappa shape index (κ3) is 4.11. The molecule has 0 spiro atoms. The van der Waals surface area contributed by atoms with E-state index in [1.807, 2.05) is 49.4 Å². The zero-order chi connectivity index (χ0) is 20.5. The lowest BCUT2D eigenvalue weighted by Gasteiger charge is -2.08. The molecule has 1 atom stereocenters. The third-order valence-corrected chi connectivity index (χ3v) is 5.01. The first-order chi connectivity index (χ1) is 14.6. The van der Waals surface area contributed by atoms with Gasteiger partial charge in [0.2, 0.25) is 11.8 Å². The van der Waals surface area contributed by atoms with Crippen LogP contribution in [0.4, 0.5) is 0 Å². The highest BCUT2D eigenvalue weighted by atomic mass is 16.5. The van der Waals surface area contributed by atoms with Crippen molar-refractivity contribution in [2.45, 2.75) is 25.8 Å². The van der Waals surface area contributed by atoms with Crippen molar-refractivity contribution >= 4 is 11.1 Å². The van der Waals surface area contributed by atoms with Gasteiger partial charge in [0.15, 0.2) is 5.58 Å². The second-order valence-electron chi connectivity index (χ2n) is 7.62. The molecular weight excluding hydrogens is 380 g/mol. The molecule has 1 fully saturated rings. The molecule has 0 bridgehead atoms. The zero-order valence-electron chi connectivity index (χ0n) is 16.6. The maximum atomic E-state index is 5.94. The number of oxazole rings is 1. The van der Waals surface area contributed by atoms with Crippen LogP contribution in [-0.4, -0.2) is 21.8 Å². The fraction of sp³-hybridized carbons (Fsp3) is 0.261. The normalized spacial score (nSPS) is 14.6. The molecule has 4 aromatic rings. The molecule has 0 radical (unpaired) electrons. The monoisotopic (exact) mass is 402 g/mol. The maximum absolute atomic E-state index is 5.94. The maximum Gasteiger partial charge on any atom is 0.248 e. The molecule has 1 unspecified atom stereocenters. The molecule has 1 saturated carbocycles. The van der Waals surface area contributed by atoms with Gasteiger partial charge in [-0.2, -0.15) is 0 Å². The van der Waals surface area contributed by atoms with Crippen LogP contribution in [0.1, 0.15) is 31.4 Å². The lowest BCUT2D eigenvalue weighted by Crippen LogP contribution is -2.04. The molecule has 1 aliphatic rings. The van der Waals surface area contributed by atoms with Crippen molar-refractivity contribution in [1.82, 2.24) is 15.2 Å². The standard InChI is InChI=1S/C23H22N4O3/c1-14(24)16-7-8-19-21(11-16)30-23(25-19)20-9-10-22(27-26-20)29-18-4-2-3-17(12-18)28-13-15-5-6-15/h2-4,7-12,14-15H,5-6,13,24H2,1H3. The summed E-state index contributed by atoms with van der Waals surface area (Å²) in [6.07, 6.45) is 2.51. The van der Waals surface area contributed by atoms with Crippen LogP contribution in [0.2, 0.25) is 0 Å². The molecule has 7 nitrogen and oxygen atoms in total. The Kier molecular flexibility index (Phi) is 4.80. The highest BCUT2D eigenvalue weighted by Crippen LogP contribution is 2.31. The van der Waals surface area contributed by atoms with Crippen molar-refractivity contribution in [3.63, 3.8) is 0 Å². The van der Waals surface area contributed by atoms with Gasteiger partial charge in [-0.3, -0.25) is 0 Å². The number of hydrogen-bond donors (Lipinski definition) is 1. The van der Waals surface area contributed by atoms with E-state index < -0.39 is 0 Å². The van der Waals surface area contributed by atoms with Crippen molar-refractivity contribution in [2.75, 3.05) is 6.61 Å². The van der Waals surface area contributed by atoms with Gasteiger partial charge in [-0.15, -0.1) is 10.2 Å². The molecule has 0 saturated heterocycles. The highest BCUT2D eigenvalue weighted by Gasteiger charge is 2.22. The second-order valence-corrected chi connectivity index (χ2v) is 7.62. The van der Waals surface area contributed by atoms with Crippen LogP contribution in [0.3, 0.4) is 0 Å². The molecular formula is C23H22N4O3. The van der Waals surface area contributed by atoms with Gasteiger partial charge in [0.25, 0.3) is 0 Å². The number of nitrogens with zero attached hydrogens (tertiary/aromatic N) is 3. The highest BCUT2D eigenvalue weighted by molar-refractivity contribution is 5.76. The first-order valence-electron chi connectivity index (χ1n) is 10.0. The predicted molar refractivity (Wildman–Crippen MR) is 112 cm³/mol. The Morgan fingerprint density at radius 1 is 1.07 bits per heavy atom. The molecule has 152 valence electrons. The number of fused-ring (bicyclic) bond motifs is 1. The van der Waals surface area contributed by atoms with Gasteiger partial charge in [-0.25, -0.2) is 4.98 Å². The van der Waals surface area contributed by atoms with Gasteiger partial charge in [-0.05, 0) is 61.6 Å². The zero-order valence-corrected chi connectivity index (χ0v) is 16.6. The fourth-order valence-electron chi connectivity index (χ4n) is 3.07. The molecule has 2 aromatic carbocycles. The summed E-state index contributed by atoms with van der Waals surface area (Å²) in [5.41, 5.74) is 8.88. The molecule has 2 aromatic heterocycles. The van der Waals surface area contributed by atoms with E-state index in [0.717, 1.165) is 23.4 Å². The minimum Gasteiger partial charge on any atom is -0.493 e. The van der Waals surface area contributed by atoms with Crippen molar-refractivity contribution < 1.29 is 13.9 Å². The van der Waals surface area contributed by atoms with Gasteiger partial charge >= 0.3 is 0 Å². The van der Waals surface area contributed by atoms with E-state index in [-0.39, 0.29) is 6.04 Å². The van der Waals surface area contributed by atoms with Crippen LogP contribution < -0.4 is 15.2 Å². The molecule has 0 amide bonds. The number of benzene rings is 2. The van der Waals surface area contributed by atoms with Crippen molar-refractivity contribution in [3.8, 4) is 29.0 Å². The smallest absolute Gasteiger partial charge is 0.248 e. The Balaban J connectivity index is 1.30. The van der Waals surface area contributed by atoms with Gasteiger partial charge < -0.3 is 19.6 Å². The average molecular weight is 402 g/mol. The van der Waals surface area contributed by atoms with Gasteiger partial charge in [0.1, 0.15) is 22.7 Å². The largest absolute Gasteiger partial charge is 0.493 e. The van der Waals surface area contributed by atoms with E-state index in [0.29, 0.717) is 34.7 Å². The van der Waals surface area contributed by atoms with E-state index in [4.69, 9.17) is 19.6 Å². The minimum absolute atomic E-state index is 0.0724. The third-order valence-electron chi connectivity index (χ3n) is 5.01. The van der Waals surface area contributed by atoms with Gasteiger partial charge in [-0.1, -0.05) is 12.1 Å². The summed E-state index contributed by atoms with van der Waals surface area (Å²) in [6.45, 7) is 2.69. The Bertz CT molecular complexity index is 1170. The number of nitrogens with two attached hydrogens (primary N) is 1. The number of ether oxygens (including phenoxy) is 2. The Labute approximate surface area is 173 Å². The van der Waals surface area contributed by atoms with Crippen molar-refractivity contribution in [3.05, 3.63) is 60.2 Å². The number of aromatic nitrogens is 3. The Morgan fingerprint density at radius 3 is 2.70 bits per heavy atom. The lowest BCUT2D eigenvalue weighted by atomic mass is 10.1. The van der Waals surface area contributed by atoms with Crippen LogP contribution >= 0.6 is 0 Å². The Hall–Kier alpha value is -3.45. The molecule has 0 aliphatic heterocycles. The Morgan fingerprint density at radius 2 is 1.93 bits per heavy atom. The van der Waals surface area contributed by atoms with Crippen LogP contribution in [0, 0.1) is 5.92 Å². The van der Waals surface area contributed by atoms with Gasteiger partial charge in [0.05, 0.1) is 6.61 Å².